The van der Waals surface area contributed by atoms with Crippen LogP contribution in [0.5, 0.6) is 0 Å². The molecule has 1 unspecified atom stereocenters. The maximum absolute atomic E-state index is 4.52. The summed E-state index contributed by atoms with van der Waals surface area (Å²) >= 11 is 1.73. The standard InChI is InChI=1S/C17H24N2S/c1-13(2)11-17(15-7-5-4-6-8-15)18-10-9-16-12-20-14(3)19-16/h4-8,12-13,17-18H,9-11H2,1-3H3. The van der Waals surface area contributed by atoms with E-state index in [-0.39, 0.29) is 0 Å². The van der Waals surface area contributed by atoms with Crippen LogP contribution >= 0.6 is 11.3 Å². The van der Waals surface area contributed by atoms with Crippen LogP contribution in [0.15, 0.2) is 35.7 Å². The summed E-state index contributed by atoms with van der Waals surface area (Å²) in [6.07, 6.45) is 2.17. The van der Waals surface area contributed by atoms with Crippen molar-refractivity contribution in [2.24, 2.45) is 5.92 Å². The first-order chi connectivity index (χ1) is 9.65. The third-order valence-corrected chi connectivity index (χ3v) is 4.17. The van der Waals surface area contributed by atoms with E-state index in [0.29, 0.717) is 12.0 Å². The van der Waals surface area contributed by atoms with Crippen LogP contribution in [-0.2, 0) is 6.42 Å². The van der Waals surface area contributed by atoms with Gasteiger partial charge in [-0.15, -0.1) is 11.3 Å². The lowest BCUT2D eigenvalue weighted by molar-refractivity contribution is 0.431. The molecule has 1 aromatic heterocycles. The molecule has 3 heteroatoms. The van der Waals surface area contributed by atoms with E-state index in [9.17, 15) is 0 Å². The lowest BCUT2D eigenvalue weighted by Crippen LogP contribution is -2.25. The molecule has 1 heterocycles. The molecule has 108 valence electrons. The van der Waals surface area contributed by atoms with Crippen LogP contribution in [0.4, 0.5) is 0 Å². The van der Waals surface area contributed by atoms with Gasteiger partial charge in [0.25, 0.3) is 0 Å². The lowest BCUT2D eigenvalue weighted by atomic mass is 9.97. The smallest absolute Gasteiger partial charge is 0.0897 e. The van der Waals surface area contributed by atoms with Crippen LogP contribution in [0, 0.1) is 12.8 Å². The summed E-state index contributed by atoms with van der Waals surface area (Å²) in [6, 6.07) is 11.2. The second kappa shape index (κ2) is 7.55. The van der Waals surface area contributed by atoms with Gasteiger partial charge in [-0.25, -0.2) is 4.98 Å². The number of rotatable bonds is 7. The average molecular weight is 288 g/mol. The van der Waals surface area contributed by atoms with Crippen molar-refractivity contribution in [2.45, 2.75) is 39.7 Å². The zero-order valence-corrected chi connectivity index (χ0v) is 13.4. The number of nitrogens with one attached hydrogen (secondary N) is 1. The highest BCUT2D eigenvalue weighted by Gasteiger charge is 2.12. The van der Waals surface area contributed by atoms with E-state index in [4.69, 9.17) is 0 Å². The highest BCUT2D eigenvalue weighted by atomic mass is 32.1. The Morgan fingerprint density at radius 2 is 1.95 bits per heavy atom. The summed E-state index contributed by atoms with van der Waals surface area (Å²) < 4.78 is 0. The predicted octanol–water partition coefficient (Wildman–Crippen LogP) is 4.37. The number of benzene rings is 1. The Kier molecular flexibility index (Phi) is 5.74. The lowest BCUT2D eigenvalue weighted by Gasteiger charge is -2.21. The van der Waals surface area contributed by atoms with Gasteiger partial charge in [-0.2, -0.15) is 0 Å². The van der Waals surface area contributed by atoms with Crippen molar-refractivity contribution in [1.82, 2.24) is 10.3 Å². The van der Waals surface area contributed by atoms with Crippen LogP contribution in [0.25, 0.3) is 0 Å². The van der Waals surface area contributed by atoms with Crippen LogP contribution < -0.4 is 5.32 Å². The van der Waals surface area contributed by atoms with Gasteiger partial charge in [-0.3, -0.25) is 0 Å². The second-order valence-electron chi connectivity index (χ2n) is 5.65. The zero-order chi connectivity index (χ0) is 14.4. The molecule has 2 nitrogen and oxygen atoms in total. The van der Waals surface area contributed by atoms with Crippen LogP contribution in [-0.4, -0.2) is 11.5 Å². The van der Waals surface area contributed by atoms with E-state index in [1.807, 2.05) is 0 Å². The first-order valence-corrected chi connectivity index (χ1v) is 8.22. The largest absolute Gasteiger partial charge is 0.310 e. The van der Waals surface area contributed by atoms with Gasteiger partial charge in [0, 0.05) is 24.4 Å². The van der Waals surface area contributed by atoms with Crippen molar-refractivity contribution in [3.8, 4) is 0 Å². The number of hydrogen-bond acceptors (Lipinski definition) is 3. The van der Waals surface area contributed by atoms with E-state index in [1.165, 1.54) is 17.7 Å². The Morgan fingerprint density at radius 1 is 1.20 bits per heavy atom. The van der Waals surface area contributed by atoms with E-state index >= 15 is 0 Å². The fourth-order valence-electron chi connectivity index (χ4n) is 2.39. The monoisotopic (exact) mass is 288 g/mol. The van der Waals surface area contributed by atoms with Crippen molar-refractivity contribution >= 4 is 11.3 Å². The van der Waals surface area contributed by atoms with Gasteiger partial charge >= 0.3 is 0 Å². The Balaban J connectivity index is 1.91. The van der Waals surface area contributed by atoms with Crippen molar-refractivity contribution < 1.29 is 0 Å². The topological polar surface area (TPSA) is 24.9 Å². The van der Waals surface area contributed by atoms with E-state index < -0.39 is 0 Å². The average Bonchev–Trinajstić information content (AvgIpc) is 2.84. The number of thiazole rings is 1. The molecule has 1 atom stereocenters. The minimum atomic E-state index is 0.441. The molecular weight excluding hydrogens is 264 g/mol. The third-order valence-electron chi connectivity index (χ3n) is 3.35. The van der Waals surface area contributed by atoms with Crippen molar-refractivity contribution in [3.63, 3.8) is 0 Å². The molecule has 0 saturated carbocycles. The molecule has 0 saturated heterocycles. The molecule has 0 aliphatic rings. The number of hydrogen-bond donors (Lipinski definition) is 1. The van der Waals surface area contributed by atoms with Crippen LogP contribution in [0.3, 0.4) is 0 Å². The zero-order valence-electron chi connectivity index (χ0n) is 12.6. The van der Waals surface area contributed by atoms with Crippen molar-refractivity contribution in [3.05, 3.63) is 52.0 Å². The SMILES string of the molecule is Cc1nc(CCNC(CC(C)C)c2ccccc2)cs1. The molecule has 1 aromatic carbocycles. The van der Waals surface area contributed by atoms with Gasteiger partial charge < -0.3 is 5.32 Å². The molecule has 0 radical (unpaired) electrons. The van der Waals surface area contributed by atoms with Crippen molar-refractivity contribution in [1.29, 1.82) is 0 Å². The van der Waals surface area contributed by atoms with Gasteiger partial charge in [0.2, 0.25) is 0 Å². The second-order valence-corrected chi connectivity index (χ2v) is 6.72. The number of aryl methyl sites for hydroxylation is 1. The summed E-state index contributed by atoms with van der Waals surface area (Å²) in [5, 5.41) is 7.01. The summed E-state index contributed by atoms with van der Waals surface area (Å²) in [4.78, 5) is 4.52. The van der Waals surface area contributed by atoms with Crippen LogP contribution in [0.2, 0.25) is 0 Å². The molecule has 1 N–H and O–H groups in total. The summed E-state index contributed by atoms with van der Waals surface area (Å²) in [6.45, 7) is 7.60. The fraction of sp³-hybridized carbons (Fsp3) is 0.471. The van der Waals surface area contributed by atoms with Crippen molar-refractivity contribution in [2.75, 3.05) is 6.54 Å². The Morgan fingerprint density at radius 3 is 2.55 bits per heavy atom. The van der Waals surface area contributed by atoms with E-state index in [0.717, 1.165) is 18.0 Å². The van der Waals surface area contributed by atoms with E-state index in [2.05, 4.69) is 66.8 Å². The maximum atomic E-state index is 4.52. The van der Waals surface area contributed by atoms with Crippen LogP contribution in [0.1, 0.15) is 42.6 Å². The summed E-state index contributed by atoms with van der Waals surface area (Å²) in [7, 11) is 0. The third kappa shape index (κ3) is 4.73. The molecule has 0 aliphatic heterocycles. The Labute approximate surface area is 126 Å². The summed E-state index contributed by atoms with van der Waals surface area (Å²) in [5.41, 5.74) is 2.59. The van der Waals surface area contributed by atoms with Gasteiger partial charge in [0.05, 0.1) is 10.7 Å². The minimum absolute atomic E-state index is 0.441. The number of nitrogens with zero attached hydrogens (tertiary/aromatic N) is 1. The highest BCUT2D eigenvalue weighted by molar-refractivity contribution is 7.09. The molecule has 0 bridgehead atoms. The van der Waals surface area contributed by atoms with Gasteiger partial charge in [-0.05, 0) is 24.8 Å². The molecular formula is C17H24N2S. The maximum Gasteiger partial charge on any atom is 0.0897 e. The molecule has 0 fully saturated rings. The molecule has 0 spiro atoms. The minimum Gasteiger partial charge on any atom is -0.310 e. The first-order valence-electron chi connectivity index (χ1n) is 7.34. The molecule has 20 heavy (non-hydrogen) atoms. The first kappa shape index (κ1) is 15.2. The quantitative estimate of drug-likeness (QED) is 0.818. The normalized spacial score (nSPS) is 12.8. The van der Waals surface area contributed by atoms with Gasteiger partial charge in [0.1, 0.15) is 0 Å². The van der Waals surface area contributed by atoms with E-state index in [1.54, 1.807) is 11.3 Å². The molecule has 2 aromatic rings. The molecule has 2 rings (SSSR count). The Hall–Kier alpha value is -1.19. The number of aromatic nitrogens is 1. The molecule has 0 amide bonds. The Bertz CT molecular complexity index is 505. The predicted molar refractivity (Wildman–Crippen MR) is 87.2 cm³/mol. The molecule has 0 aliphatic carbocycles. The van der Waals surface area contributed by atoms with Gasteiger partial charge in [0.15, 0.2) is 0 Å². The highest BCUT2D eigenvalue weighted by Crippen LogP contribution is 2.21. The summed E-state index contributed by atoms with van der Waals surface area (Å²) in [5.74, 6) is 0.689. The van der Waals surface area contributed by atoms with Gasteiger partial charge in [-0.1, -0.05) is 44.2 Å². The fourth-order valence-corrected chi connectivity index (χ4v) is 3.04.